The molecular weight excluding hydrogens is 356 g/mol. The summed E-state index contributed by atoms with van der Waals surface area (Å²) in [5, 5.41) is 0. The lowest BCUT2D eigenvalue weighted by Gasteiger charge is -2.05. The number of sulfone groups is 1. The Morgan fingerprint density at radius 1 is 1.19 bits per heavy atom. The first-order valence-electron chi connectivity index (χ1n) is 9.11. The topological polar surface area (TPSA) is 52.0 Å². The molecule has 1 heterocycles. The van der Waals surface area contributed by atoms with Crippen molar-refractivity contribution in [1.82, 2.24) is 9.55 Å². The van der Waals surface area contributed by atoms with Gasteiger partial charge in [-0.2, -0.15) is 0 Å². The minimum Gasteiger partial charge on any atom is -0.304 e. The van der Waals surface area contributed by atoms with E-state index in [2.05, 4.69) is 25.1 Å². The first-order chi connectivity index (χ1) is 12.6. The fourth-order valence-corrected chi connectivity index (χ4v) is 2.36. The maximum Gasteiger partial charge on any atom is 0.175 e. The Kier molecular flexibility index (Phi) is 14.0. The van der Waals surface area contributed by atoms with Crippen molar-refractivity contribution in [2.45, 2.75) is 59.8 Å². The Bertz CT molecular complexity index is 786. The average molecular weight is 393 g/mol. The molecule has 1 aromatic heterocycles. The van der Waals surface area contributed by atoms with E-state index in [1.54, 1.807) is 30.3 Å². The summed E-state index contributed by atoms with van der Waals surface area (Å²) in [6, 6.07) is 6.79. The summed E-state index contributed by atoms with van der Waals surface area (Å²) in [4.78, 5) is 4.63. The standard InChI is InChI=1S/C12H14N2O2S.C5H10.C3H6.C2H6/c1-9-8-14(10(2)13-9)11-4-6-12(7-5-11)17(3,15)16;1-4-5(2)3;1-3-2;1-2/h4-8H,1-3H3;2,4H2,1,3H3;3H,1H2,2H3;1-2H3. The zero-order valence-corrected chi connectivity index (χ0v) is 19.0. The predicted octanol–water partition coefficient (Wildman–Crippen LogP) is 6.08. The first kappa shape index (κ1) is 27.1. The third-order valence-electron chi connectivity index (χ3n) is 3.15. The highest BCUT2D eigenvalue weighted by Gasteiger charge is 2.08. The molecule has 0 N–H and O–H groups in total. The van der Waals surface area contributed by atoms with Crippen LogP contribution in [0.3, 0.4) is 0 Å². The van der Waals surface area contributed by atoms with E-state index < -0.39 is 9.84 Å². The van der Waals surface area contributed by atoms with E-state index in [1.807, 2.05) is 52.3 Å². The van der Waals surface area contributed by atoms with Crippen LogP contribution in [0.2, 0.25) is 0 Å². The van der Waals surface area contributed by atoms with Gasteiger partial charge < -0.3 is 4.57 Å². The second-order valence-corrected chi connectivity index (χ2v) is 7.80. The SMILES string of the molecule is C=C(C)CC.C=CC.CC.Cc1cn(-c2ccc(S(C)(=O)=O)cc2)c(C)n1. The molecular formula is C22H36N2O2S. The number of hydrogen-bond acceptors (Lipinski definition) is 3. The summed E-state index contributed by atoms with van der Waals surface area (Å²) >= 11 is 0. The summed E-state index contributed by atoms with van der Waals surface area (Å²) in [6.07, 6.45) is 5.99. The molecule has 0 radical (unpaired) electrons. The normalized spacial score (nSPS) is 9.48. The van der Waals surface area contributed by atoms with Crippen LogP contribution in [0.4, 0.5) is 0 Å². The van der Waals surface area contributed by atoms with Crippen molar-refractivity contribution in [2.75, 3.05) is 6.26 Å². The molecule has 0 atom stereocenters. The molecule has 4 nitrogen and oxygen atoms in total. The fraction of sp³-hybridized carbons (Fsp3) is 0.409. The van der Waals surface area contributed by atoms with Gasteiger partial charge >= 0.3 is 0 Å². The van der Waals surface area contributed by atoms with Crippen molar-refractivity contribution < 1.29 is 8.42 Å². The van der Waals surface area contributed by atoms with Crippen LogP contribution in [0, 0.1) is 13.8 Å². The van der Waals surface area contributed by atoms with Crippen molar-refractivity contribution in [1.29, 1.82) is 0 Å². The molecule has 1 aromatic carbocycles. The summed E-state index contributed by atoms with van der Waals surface area (Å²) in [7, 11) is -3.13. The zero-order chi connectivity index (χ0) is 21.6. The van der Waals surface area contributed by atoms with Gasteiger partial charge in [0.25, 0.3) is 0 Å². The summed E-state index contributed by atoms with van der Waals surface area (Å²) in [5.74, 6) is 0.884. The smallest absolute Gasteiger partial charge is 0.175 e. The number of rotatable bonds is 3. The quantitative estimate of drug-likeness (QED) is 0.594. The lowest BCUT2D eigenvalue weighted by molar-refractivity contribution is 0.602. The minimum atomic E-state index is -3.13. The van der Waals surface area contributed by atoms with Crippen molar-refractivity contribution in [2.24, 2.45) is 0 Å². The van der Waals surface area contributed by atoms with E-state index in [-0.39, 0.29) is 0 Å². The molecule has 0 amide bonds. The molecule has 0 bridgehead atoms. The second-order valence-electron chi connectivity index (χ2n) is 5.78. The highest BCUT2D eigenvalue weighted by molar-refractivity contribution is 7.90. The Morgan fingerprint density at radius 3 is 1.85 bits per heavy atom. The molecule has 0 aliphatic carbocycles. The van der Waals surface area contributed by atoms with Gasteiger partial charge in [-0.05, 0) is 58.4 Å². The van der Waals surface area contributed by atoms with Gasteiger partial charge in [0.05, 0.1) is 10.6 Å². The molecule has 0 unspecified atom stereocenters. The van der Waals surface area contributed by atoms with Crippen molar-refractivity contribution in [3.63, 3.8) is 0 Å². The third-order valence-corrected chi connectivity index (χ3v) is 4.28. The number of allylic oxidation sites excluding steroid dienone is 2. The molecule has 0 saturated heterocycles. The van der Waals surface area contributed by atoms with Gasteiger partial charge in [0.2, 0.25) is 0 Å². The minimum absolute atomic E-state index is 0.329. The average Bonchev–Trinajstić information content (AvgIpc) is 2.95. The number of nitrogens with zero attached hydrogens (tertiary/aromatic N) is 2. The van der Waals surface area contributed by atoms with Crippen molar-refractivity contribution in [3.8, 4) is 5.69 Å². The molecule has 0 saturated carbocycles. The van der Waals surface area contributed by atoms with E-state index in [9.17, 15) is 8.42 Å². The summed E-state index contributed by atoms with van der Waals surface area (Å²) in [5.41, 5.74) is 3.11. The van der Waals surface area contributed by atoms with E-state index in [0.717, 1.165) is 23.6 Å². The zero-order valence-electron chi connectivity index (χ0n) is 18.2. The van der Waals surface area contributed by atoms with E-state index in [4.69, 9.17) is 0 Å². The second kappa shape index (κ2) is 14.0. The van der Waals surface area contributed by atoms with Crippen molar-refractivity contribution in [3.05, 3.63) is 66.8 Å². The predicted molar refractivity (Wildman–Crippen MR) is 118 cm³/mol. The maximum atomic E-state index is 11.3. The number of hydrogen-bond donors (Lipinski definition) is 0. The molecule has 27 heavy (non-hydrogen) atoms. The Labute approximate surface area is 166 Å². The molecule has 0 aliphatic heterocycles. The van der Waals surface area contributed by atoms with E-state index >= 15 is 0 Å². The number of imidazole rings is 1. The Balaban J connectivity index is 0. The molecule has 0 aliphatic rings. The molecule has 5 heteroatoms. The van der Waals surface area contributed by atoms with Crippen LogP contribution in [0.5, 0.6) is 0 Å². The Hall–Kier alpha value is -2.14. The van der Waals surface area contributed by atoms with Crippen LogP contribution in [-0.2, 0) is 9.84 Å². The van der Waals surface area contributed by atoms with Gasteiger partial charge in [0.1, 0.15) is 5.82 Å². The molecule has 0 fully saturated rings. The highest BCUT2D eigenvalue weighted by atomic mass is 32.2. The number of aryl methyl sites for hydroxylation is 2. The van der Waals surface area contributed by atoms with Gasteiger partial charge in [0, 0.05) is 18.1 Å². The van der Waals surface area contributed by atoms with Crippen molar-refractivity contribution >= 4 is 9.84 Å². The first-order valence-corrected chi connectivity index (χ1v) is 11.0. The highest BCUT2D eigenvalue weighted by Crippen LogP contribution is 2.15. The summed E-state index contributed by atoms with van der Waals surface area (Å²) < 4.78 is 24.6. The van der Waals surface area contributed by atoms with Gasteiger partial charge in [-0.25, -0.2) is 13.4 Å². The maximum absolute atomic E-state index is 11.3. The third kappa shape index (κ3) is 11.2. The van der Waals surface area contributed by atoms with Crippen LogP contribution >= 0.6 is 0 Å². The number of benzene rings is 1. The van der Waals surface area contributed by atoms with Gasteiger partial charge in [-0.3, -0.25) is 0 Å². The van der Waals surface area contributed by atoms with Gasteiger partial charge in [0.15, 0.2) is 9.84 Å². The van der Waals surface area contributed by atoms with E-state index in [1.165, 1.54) is 11.8 Å². The molecule has 2 aromatic rings. The van der Waals surface area contributed by atoms with Crippen LogP contribution in [0.15, 0.2) is 60.2 Å². The van der Waals surface area contributed by atoms with Crippen LogP contribution in [-0.4, -0.2) is 24.2 Å². The summed E-state index contributed by atoms with van der Waals surface area (Å²) in [6.45, 7) is 20.9. The van der Waals surface area contributed by atoms with Gasteiger partial charge in [-0.1, -0.05) is 32.4 Å². The lowest BCUT2D eigenvalue weighted by atomic mass is 10.3. The molecule has 0 spiro atoms. The van der Waals surface area contributed by atoms with E-state index in [0.29, 0.717) is 4.90 Å². The molecule has 152 valence electrons. The van der Waals surface area contributed by atoms with Gasteiger partial charge in [-0.15, -0.1) is 13.2 Å². The van der Waals surface area contributed by atoms with Crippen LogP contribution < -0.4 is 0 Å². The number of aromatic nitrogens is 2. The fourth-order valence-electron chi connectivity index (χ4n) is 1.73. The monoisotopic (exact) mass is 392 g/mol. The Morgan fingerprint density at radius 2 is 1.59 bits per heavy atom. The van der Waals surface area contributed by atoms with Crippen LogP contribution in [0.1, 0.15) is 52.6 Å². The largest absolute Gasteiger partial charge is 0.304 e. The lowest BCUT2D eigenvalue weighted by Crippen LogP contribution is -1.99. The van der Waals surface area contributed by atoms with Crippen LogP contribution in [0.25, 0.3) is 5.69 Å². The molecule has 2 rings (SSSR count).